The lowest BCUT2D eigenvalue weighted by molar-refractivity contribution is 0.101. The monoisotopic (exact) mass is 347 g/mol. The molecule has 7 nitrogen and oxygen atoms in total. The number of nitrogens with one attached hydrogen (secondary N) is 2. The van der Waals surface area contributed by atoms with Gasteiger partial charge in [0.1, 0.15) is 5.82 Å². The lowest BCUT2D eigenvalue weighted by atomic mass is 10.2. The number of carbonyl (C=O) groups excluding carboxylic acids is 2. The van der Waals surface area contributed by atoms with Crippen LogP contribution in [0.3, 0.4) is 0 Å². The van der Waals surface area contributed by atoms with Gasteiger partial charge in [0.2, 0.25) is 11.9 Å². The van der Waals surface area contributed by atoms with Gasteiger partial charge in [-0.3, -0.25) is 20.2 Å². The first-order valence-corrected chi connectivity index (χ1v) is 8.13. The van der Waals surface area contributed by atoms with Crippen LogP contribution >= 0.6 is 0 Å². The van der Waals surface area contributed by atoms with E-state index in [-0.39, 0.29) is 23.7 Å². The summed E-state index contributed by atoms with van der Waals surface area (Å²) in [7, 11) is 0. The van der Waals surface area contributed by atoms with E-state index in [1.807, 2.05) is 19.1 Å². The molecule has 1 aromatic heterocycles. The van der Waals surface area contributed by atoms with Crippen LogP contribution in [0.5, 0.6) is 0 Å². The molecule has 0 unspecified atom stereocenters. The Labute approximate surface area is 150 Å². The number of anilines is 2. The quantitative estimate of drug-likeness (QED) is 0.739. The van der Waals surface area contributed by atoms with Gasteiger partial charge in [0.15, 0.2) is 0 Å². The Bertz CT molecular complexity index is 842. The molecule has 0 aliphatic rings. The highest BCUT2D eigenvalue weighted by Gasteiger charge is 2.13. The Morgan fingerprint density at radius 3 is 1.54 bits per heavy atom. The van der Waals surface area contributed by atoms with Crippen molar-refractivity contribution in [2.75, 3.05) is 10.6 Å². The van der Waals surface area contributed by atoms with E-state index in [1.54, 1.807) is 48.5 Å². The standard InChI is InChI=1S/C19H17N5O2/c1-2-15-20-18(22-16(25)13-9-5-3-6-10-13)24-19(21-15)23-17(26)14-11-7-4-8-12-14/h3-12H,2H2,1H3,(H2,20,21,22,23,24,25,26). The average molecular weight is 347 g/mol. The number of hydrogen-bond acceptors (Lipinski definition) is 5. The summed E-state index contributed by atoms with van der Waals surface area (Å²) >= 11 is 0. The zero-order valence-corrected chi connectivity index (χ0v) is 14.1. The fourth-order valence-corrected chi connectivity index (χ4v) is 2.22. The third-order valence-corrected chi connectivity index (χ3v) is 3.52. The smallest absolute Gasteiger partial charge is 0.258 e. The third-order valence-electron chi connectivity index (χ3n) is 3.52. The van der Waals surface area contributed by atoms with Crippen LogP contribution in [0.15, 0.2) is 60.7 Å². The summed E-state index contributed by atoms with van der Waals surface area (Å²) in [5, 5.41) is 5.27. The highest BCUT2D eigenvalue weighted by molar-refractivity contribution is 6.04. The van der Waals surface area contributed by atoms with Crippen molar-refractivity contribution < 1.29 is 9.59 Å². The fraction of sp³-hybridized carbons (Fsp3) is 0.105. The molecule has 0 saturated carbocycles. The van der Waals surface area contributed by atoms with Gasteiger partial charge in [0.05, 0.1) is 0 Å². The van der Waals surface area contributed by atoms with E-state index in [2.05, 4.69) is 25.6 Å². The molecule has 2 amide bonds. The summed E-state index contributed by atoms with van der Waals surface area (Å²) in [4.78, 5) is 37.0. The van der Waals surface area contributed by atoms with E-state index in [9.17, 15) is 9.59 Å². The van der Waals surface area contributed by atoms with Crippen LogP contribution < -0.4 is 10.6 Å². The molecule has 0 radical (unpaired) electrons. The summed E-state index contributed by atoms with van der Waals surface area (Å²) in [6.07, 6.45) is 0.533. The average Bonchev–Trinajstić information content (AvgIpc) is 2.69. The first-order valence-electron chi connectivity index (χ1n) is 8.13. The highest BCUT2D eigenvalue weighted by atomic mass is 16.2. The highest BCUT2D eigenvalue weighted by Crippen LogP contribution is 2.10. The number of carbonyl (C=O) groups is 2. The second-order valence-corrected chi connectivity index (χ2v) is 5.39. The number of aromatic nitrogens is 3. The van der Waals surface area contributed by atoms with E-state index in [4.69, 9.17) is 0 Å². The SMILES string of the molecule is CCc1nc(NC(=O)c2ccccc2)nc(NC(=O)c2ccccc2)n1. The maximum atomic E-state index is 12.3. The number of rotatable bonds is 5. The molecule has 7 heteroatoms. The van der Waals surface area contributed by atoms with Crippen molar-refractivity contribution >= 4 is 23.7 Å². The Morgan fingerprint density at radius 1 is 0.731 bits per heavy atom. The topological polar surface area (TPSA) is 96.9 Å². The number of aryl methyl sites for hydroxylation is 1. The fourth-order valence-electron chi connectivity index (χ4n) is 2.22. The number of benzene rings is 2. The molecule has 3 aromatic rings. The number of hydrogen-bond donors (Lipinski definition) is 2. The van der Waals surface area contributed by atoms with E-state index < -0.39 is 0 Å². The molecule has 0 spiro atoms. The minimum atomic E-state index is -0.334. The molecule has 0 saturated heterocycles. The lowest BCUT2D eigenvalue weighted by Crippen LogP contribution is -2.19. The first kappa shape index (κ1) is 17.2. The maximum absolute atomic E-state index is 12.3. The Morgan fingerprint density at radius 2 is 1.15 bits per heavy atom. The lowest BCUT2D eigenvalue weighted by Gasteiger charge is -2.08. The molecule has 0 atom stereocenters. The second-order valence-electron chi connectivity index (χ2n) is 5.39. The zero-order valence-electron chi connectivity index (χ0n) is 14.1. The van der Waals surface area contributed by atoms with Gasteiger partial charge in [-0.2, -0.15) is 15.0 Å². The molecular weight excluding hydrogens is 330 g/mol. The van der Waals surface area contributed by atoms with Crippen LogP contribution in [0.2, 0.25) is 0 Å². The van der Waals surface area contributed by atoms with Crippen molar-refractivity contribution in [1.82, 2.24) is 15.0 Å². The van der Waals surface area contributed by atoms with E-state index in [0.717, 1.165) is 0 Å². The summed E-state index contributed by atoms with van der Waals surface area (Å²) in [5.74, 6) is -0.0202. The van der Waals surface area contributed by atoms with Gasteiger partial charge in [-0.15, -0.1) is 0 Å². The molecular formula is C19H17N5O2. The number of nitrogens with zero attached hydrogens (tertiary/aromatic N) is 3. The van der Waals surface area contributed by atoms with Crippen molar-refractivity contribution in [2.24, 2.45) is 0 Å². The van der Waals surface area contributed by atoms with Gasteiger partial charge in [-0.05, 0) is 24.3 Å². The normalized spacial score (nSPS) is 10.2. The Kier molecular flexibility index (Phi) is 5.28. The van der Waals surface area contributed by atoms with Crippen molar-refractivity contribution in [1.29, 1.82) is 0 Å². The molecule has 0 bridgehead atoms. The van der Waals surface area contributed by atoms with Crippen LogP contribution in [-0.4, -0.2) is 26.8 Å². The van der Waals surface area contributed by atoms with Gasteiger partial charge < -0.3 is 0 Å². The van der Waals surface area contributed by atoms with Crippen LogP contribution in [0.1, 0.15) is 33.5 Å². The van der Waals surface area contributed by atoms with Crippen molar-refractivity contribution in [3.8, 4) is 0 Å². The molecule has 3 rings (SSSR count). The van der Waals surface area contributed by atoms with Gasteiger partial charge in [-0.25, -0.2) is 0 Å². The molecule has 1 heterocycles. The van der Waals surface area contributed by atoms with E-state index >= 15 is 0 Å². The van der Waals surface area contributed by atoms with Crippen molar-refractivity contribution in [3.63, 3.8) is 0 Å². The predicted octanol–water partition coefficient (Wildman–Crippen LogP) is 2.94. The van der Waals surface area contributed by atoms with Crippen LogP contribution in [0.4, 0.5) is 11.9 Å². The molecule has 0 fully saturated rings. The summed E-state index contributed by atoms with van der Waals surface area (Å²) in [6.45, 7) is 1.88. The van der Waals surface area contributed by atoms with Crippen molar-refractivity contribution in [3.05, 3.63) is 77.6 Å². The van der Waals surface area contributed by atoms with Gasteiger partial charge >= 0.3 is 0 Å². The van der Waals surface area contributed by atoms with Crippen LogP contribution in [0, 0.1) is 0 Å². The maximum Gasteiger partial charge on any atom is 0.258 e. The van der Waals surface area contributed by atoms with E-state index in [0.29, 0.717) is 23.4 Å². The summed E-state index contributed by atoms with van der Waals surface area (Å²) in [5.41, 5.74) is 0.974. The van der Waals surface area contributed by atoms with Gasteiger partial charge in [-0.1, -0.05) is 43.3 Å². The molecule has 2 N–H and O–H groups in total. The van der Waals surface area contributed by atoms with Gasteiger partial charge in [0.25, 0.3) is 11.8 Å². The zero-order chi connectivity index (χ0) is 18.4. The Balaban J connectivity index is 1.80. The third kappa shape index (κ3) is 4.27. The second kappa shape index (κ2) is 7.98. The first-order chi connectivity index (χ1) is 12.7. The Hall–Kier alpha value is -3.61. The predicted molar refractivity (Wildman–Crippen MR) is 98.0 cm³/mol. The minimum Gasteiger partial charge on any atom is -0.290 e. The van der Waals surface area contributed by atoms with Crippen LogP contribution in [0.25, 0.3) is 0 Å². The van der Waals surface area contributed by atoms with Crippen LogP contribution in [-0.2, 0) is 6.42 Å². The number of amides is 2. The largest absolute Gasteiger partial charge is 0.290 e. The van der Waals surface area contributed by atoms with E-state index in [1.165, 1.54) is 0 Å². The molecule has 0 aliphatic carbocycles. The molecule has 26 heavy (non-hydrogen) atoms. The summed E-state index contributed by atoms with van der Waals surface area (Å²) < 4.78 is 0. The minimum absolute atomic E-state index is 0.0917. The molecule has 2 aromatic carbocycles. The summed E-state index contributed by atoms with van der Waals surface area (Å²) in [6, 6.07) is 17.5. The molecule has 130 valence electrons. The molecule has 0 aliphatic heterocycles. The van der Waals surface area contributed by atoms with Crippen molar-refractivity contribution in [2.45, 2.75) is 13.3 Å². The van der Waals surface area contributed by atoms with Gasteiger partial charge in [0, 0.05) is 17.5 Å².